The summed E-state index contributed by atoms with van der Waals surface area (Å²) in [5.74, 6) is -1.64. The van der Waals surface area contributed by atoms with Crippen LogP contribution in [0.3, 0.4) is 0 Å². The lowest BCUT2D eigenvalue weighted by atomic mass is 10.0. The summed E-state index contributed by atoms with van der Waals surface area (Å²) in [5, 5.41) is 9.21. The van der Waals surface area contributed by atoms with Crippen molar-refractivity contribution in [3.05, 3.63) is 35.4 Å². The Morgan fingerprint density at radius 2 is 1.32 bits per heavy atom. The first-order valence-corrected chi connectivity index (χ1v) is 11.1. The van der Waals surface area contributed by atoms with Crippen molar-refractivity contribution in [2.75, 3.05) is 0 Å². The molecule has 0 heterocycles. The van der Waals surface area contributed by atoms with E-state index in [1.54, 1.807) is 12.1 Å². The van der Waals surface area contributed by atoms with Gasteiger partial charge in [-0.05, 0) is 31.4 Å². The highest BCUT2D eigenvalue weighted by atomic mass is 16.5. The second-order valence-corrected chi connectivity index (χ2v) is 7.61. The van der Waals surface area contributed by atoms with Crippen molar-refractivity contribution in [3.8, 4) is 0 Å². The molecule has 28 heavy (non-hydrogen) atoms. The summed E-state index contributed by atoms with van der Waals surface area (Å²) in [7, 11) is 0. The number of hydrogen-bond donors (Lipinski definition) is 1. The summed E-state index contributed by atoms with van der Waals surface area (Å²) in [6.07, 6.45) is 15.6. The molecule has 4 heteroatoms. The van der Waals surface area contributed by atoms with Crippen LogP contribution in [0.1, 0.15) is 118 Å². The zero-order chi connectivity index (χ0) is 20.6. The third kappa shape index (κ3) is 9.91. The van der Waals surface area contributed by atoms with Crippen molar-refractivity contribution in [3.63, 3.8) is 0 Å². The van der Waals surface area contributed by atoms with Gasteiger partial charge in [0.2, 0.25) is 0 Å². The van der Waals surface area contributed by atoms with Gasteiger partial charge in [-0.25, -0.2) is 9.59 Å². The van der Waals surface area contributed by atoms with Crippen LogP contribution in [0.25, 0.3) is 0 Å². The van der Waals surface area contributed by atoms with Crippen molar-refractivity contribution in [1.29, 1.82) is 0 Å². The van der Waals surface area contributed by atoms with Gasteiger partial charge in [-0.3, -0.25) is 0 Å². The van der Waals surface area contributed by atoms with E-state index in [0.717, 1.165) is 25.7 Å². The van der Waals surface area contributed by atoms with Crippen LogP contribution >= 0.6 is 0 Å². The van der Waals surface area contributed by atoms with Gasteiger partial charge < -0.3 is 9.84 Å². The number of unbranched alkanes of at least 4 members (excludes halogenated alkanes) is 10. The summed E-state index contributed by atoms with van der Waals surface area (Å²) in [5.41, 5.74) is 0.129. The second kappa shape index (κ2) is 15.1. The average Bonchev–Trinajstić information content (AvgIpc) is 2.70. The Balaban J connectivity index is 2.20. The molecule has 0 spiro atoms. The zero-order valence-electron chi connectivity index (χ0n) is 17.8. The van der Waals surface area contributed by atoms with Crippen LogP contribution in [0.2, 0.25) is 0 Å². The smallest absolute Gasteiger partial charge is 0.339 e. The SMILES string of the molecule is CCCCCCCCCCCCC[C@@H](CC)OC(=O)c1ccccc1C(=O)O. The molecule has 0 saturated carbocycles. The molecule has 1 aromatic carbocycles. The predicted octanol–water partition coefficient (Wildman–Crippen LogP) is 7.02. The van der Waals surface area contributed by atoms with Crippen LogP contribution in [0, 0.1) is 0 Å². The lowest BCUT2D eigenvalue weighted by Crippen LogP contribution is -2.19. The number of hydrogen-bond acceptors (Lipinski definition) is 3. The highest BCUT2D eigenvalue weighted by molar-refractivity contribution is 6.02. The van der Waals surface area contributed by atoms with Crippen LogP contribution in [0.4, 0.5) is 0 Å². The lowest BCUT2D eigenvalue weighted by Gasteiger charge is -2.17. The molecule has 1 N–H and O–H groups in total. The summed E-state index contributed by atoms with van der Waals surface area (Å²) >= 11 is 0. The minimum atomic E-state index is -1.11. The Hall–Kier alpha value is -1.84. The standard InChI is InChI=1S/C24H38O4/c1-3-5-6-7-8-9-10-11-12-13-14-17-20(4-2)28-24(27)22-19-16-15-18-21(22)23(25)26/h15-16,18-20H,3-14,17H2,1-2H3,(H,25,26)/t20-/m1/s1. The van der Waals surface area contributed by atoms with Gasteiger partial charge in [-0.2, -0.15) is 0 Å². The number of rotatable bonds is 16. The highest BCUT2D eigenvalue weighted by Crippen LogP contribution is 2.17. The molecule has 0 aliphatic rings. The Morgan fingerprint density at radius 1 is 0.821 bits per heavy atom. The molecule has 1 rings (SSSR count). The van der Waals surface area contributed by atoms with Crippen LogP contribution < -0.4 is 0 Å². The summed E-state index contributed by atoms with van der Waals surface area (Å²) < 4.78 is 5.57. The number of carbonyl (C=O) groups excluding carboxylic acids is 1. The fourth-order valence-electron chi connectivity index (χ4n) is 3.45. The molecular formula is C24H38O4. The van der Waals surface area contributed by atoms with Crippen LogP contribution in [-0.4, -0.2) is 23.1 Å². The molecule has 0 bridgehead atoms. The molecule has 0 radical (unpaired) electrons. The summed E-state index contributed by atoms with van der Waals surface area (Å²) in [6, 6.07) is 6.22. The molecule has 0 fully saturated rings. The molecule has 0 aliphatic carbocycles. The van der Waals surface area contributed by atoms with E-state index in [4.69, 9.17) is 4.74 Å². The number of benzene rings is 1. The predicted molar refractivity (Wildman–Crippen MR) is 114 cm³/mol. The van der Waals surface area contributed by atoms with Gasteiger partial charge in [0, 0.05) is 0 Å². The minimum absolute atomic E-state index is 0.00273. The van der Waals surface area contributed by atoms with Crippen molar-refractivity contribution in [2.24, 2.45) is 0 Å². The van der Waals surface area contributed by atoms with Gasteiger partial charge in [0.1, 0.15) is 6.10 Å². The molecule has 4 nitrogen and oxygen atoms in total. The topological polar surface area (TPSA) is 63.6 Å². The lowest BCUT2D eigenvalue weighted by molar-refractivity contribution is 0.0262. The van der Waals surface area contributed by atoms with E-state index in [-0.39, 0.29) is 17.2 Å². The number of ether oxygens (including phenoxy) is 1. The van der Waals surface area contributed by atoms with Crippen molar-refractivity contribution in [2.45, 2.75) is 103 Å². The molecule has 0 aromatic heterocycles. The Morgan fingerprint density at radius 3 is 1.82 bits per heavy atom. The Bertz CT molecular complexity index is 567. The van der Waals surface area contributed by atoms with Gasteiger partial charge in [0.05, 0.1) is 11.1 Å². The van der Waals surface area contributed by atoms with Crippen molar-refractivity contribution in [1.82, 2.24) is 0 Å². The van der Waals surface area contributed by atoms with E-state index < -0.39 is 11.9 Å². The van der Waals surface area contributed by atoms with Gasteiger partial charge in [0.15, 0.2) is 0 Å². The van der Waals surface area contributed by atoms with E-state index >= 15 is 0 Å². The van der Waals surface area contributed by atoms with Gasteiger partial charge >= 0.3 is 11.9 Å². The molecule has 0 aliphatic heterocycles. The maximum Gasteiger partial charge on any atom is 0.339 e. The maximum atomic E-state index is 12.4. The van der Waals surface area contributed by atoms with Crippen molar-refractivity contribution < 1.29 is 19.4 Å². The quantitative estimate of drug-likeness (QED) is 0.243. The Kier molecular flexibility index (Phi) is 13.1. The highest BCUT2D eigenvalue weighted by Gasteiger charge is 2.20. The number of aromatic carboxylic acids is 1. The Labute approximate surface area is 170 Å². The second-order valence-electron chi connectivity index (χ2n) is 7.61. The molecule has 1 aromatic rings. The number of carbonyl (C=O) groups is 2. The number of carboxylic acids is 1. The fraction of sp³-hybridized carbons (Fsp3) is 0.667. The summed E-state index contributed by atoms with van der Waals surface area (Å²) in [4.78, 5) is 23.6. The van der Waals surface area contributed by atoms with Crippen molar-refractivity contribution >= 4 is 11.9 Å². The molecule has 0 amide bonds. The molecule has 0 saturated heterocycles. The number of carboxylic acid groups (broad SMARTS) is 1. The maximum absolute atomic E-state index is 12.4. The molecular weight excluding hydrogens is 352 g/mol. The molecule has 1 atom stereocenters. The van der Waals surface area contributed by atoms with Gasteiger partial charge in [-0.15, -0.1) is 0 Å². The van der Waals surface area contributed by atoms with E-state index in [2.05, 4.69) is 6.92 Å². The van der Waals surface area contributed by atoms with Crippen LogP contribution in [-0.2, 0) is 4.74 Å². The molecule has 158 valence electrons. The van der Waals surface area contributed by atoms with E-state index in [1.807, 2.05) is 6.92 Å². The average molecular weight is 391 g/mol. The van der Waals surface area contributed by atoms with E-state index in [9.17, 15) is 14.7 Å². The zero-order valence-corrected chi connectivity index (χ0v) is 17.8. The van der Waals surface area contributed by atoms with Gasteiger partial charge in [0.25, 0.3) is 0 Å². The third-order valence-electron chi connectivity index (χ3n) is 5.24. The normalized spacial score (nSPS) is 11.9. The summed E-state index contributed by atoms with van der Waals surface area (Å²) in [6.45, 7) is 4.25. The fourth-order valence-corrected chi connectivity index (χ4v) is 3.45. The largest absolute Gasteiger partial charge is 0.478 e. The van der Waals surface area contributed by atoms with Crippen LogP contribution in [0.5, 0.6) is 0 Å². The van der Waals surface area contributed by atoms with Crippen LogP contribution in [0.15, 0.2) is 24.3 Å². The molecule has 0 unspecified atom stereocenters. The first-order valence-electron chi connectivity index (χ1n) is 11.1. The van der Waals surface area contributed by atoms with E-state index in [0.29, 0.717) is 0 Å². The monoisotopic (exact) mass is 390 g/mol. The third-order valence-corrected chi connectivity index (χ3v) is 5.24. The van der Waals surface area contributed by atoms with E-state index in [1.165, 1.54) is 69.9 Å². The van der Waals surface area contributed by atoms with Gasteiger partial charge in [-0.1, -0.05) is 90.2 Å². The minimum Gasteiger partial charge on any atom is -0.478 e. The first-order chi connectivity index (χ1) is 13.6. The first kappa shape index (κ1) is 24.2. The number of esters is 1.